The number of carbonyl (C=O) groups excluding carboxylic acids is 4. The molecule has 7 nitrogen and oxygen atoms in total. The number of esters is 1. The van der Waals surface area contributed by atoms with Crippen LogP contribution in [0.2, 0.25) is 0 Å². The van der Waals surface area contributed by atoms with Crippen LogP contribution in [0.25, 0.3) is 0 Å². The van der Waals surface area contributed by atoms with Gasteiger partial charge in [0.25, 0.3) is 0 Å². The summed E-state index contributed by atoms with van der Waals surface area (Å²) in [4.78, 5) is 50.2. The van der Waals surface area contributed by atoms with Gasteiger partial charge in [-0.05, 0) is 55.0 Å². The fourth-order valence-corrected chi connectivity index (χ4v) is 2.90. The minimum Gasteiger partial charge on any atom is -0.427 e. The molecule has 2 aromatic carbocycles. The van der Waals surface area contributed by atoms with Gasteiger partial charge in [0.2, 0.25) is 5.91 Å². The lowest BCUT2D eigenvalue weighted by molar-refractivity contribution is -0.135. The molecule has 1 heterocycles. The molecule has 0 spiro atoms. The van der Waals surface area contributed by atoms with Crippen molar-refractivity contribution in [3.05, 3.63) is 65.5 Å². The number of amides is 3. The third-order valence-corrected chi connectivity index (χ3v) is 4.45. The quantitative estimate of drug-likeness (QED) is 0.310. The lowest BCUT2D eigenvalue weighted by Crippen LogP contribution is -2.32. The molecular weight excluding hydrogens is 379 g/mol. The standard InChI is InChI=1S/C21H19FN2O5/c1-23-13-18(25)24(21(23)28)12-2-3-19(26)29-17-10-6-15(7-11-17)20(27)14-4-8-16(22)9-5-14/h4-11H,2-3,12-13H2,1H3. The van der Waals surface area contributed by atoms with Gasteiger partial charge in [-0.1, -0.05) is 0 Å². The fourth-order valence-electron chi connectivity index (χ4n) is 2.90. The van der Waals surface area contributed by atoms with E-state index in [9.17, 15) is 23.6 Å². The summed E-state index contributed by atoms with van der Waals surface area (Å²) in [5, 5.41) is 0. The molecule has 0 radical (unpaired) electrons. The highest BCUT2D eigenvalue weighted by Crippen LogP contribution is 2.17. The van der Waals surface area contributed by atoms with Crippen molar-refractivity contribution in [2.45, 2.75) is 12.8 Å². The molecule has 1 aliphatic rings. The highest BCUT2D eigenvalue weighted by atomic mass is 19.1. The summed E-state index contributed by atoms with van der Waals surface area (Å²) in [6, 6.07) is 10.9. The van der Waals surface area contributed by atoms with Crippen LogP contribution in [0.5, 0.6) is 5.75 Å². The third kappa shape index (κ3) is 4.84. The minimum absolute atomic E-state index is 0.0387. The number of ether oxygens (including phenoxy) is 1. The number of hydrogen-bond acceptors (Lipinski definition) is 5. The first-order valence-corrected chi connectivity index (χ1v) is 9.01. The molecule has 150 valence electrons. The van der Waals surface area contributed by atoms with E-state index in [1.54, 1.807) is 7.05 Å². The second-order valence-corrected chi connectivity index (χ2v) is 6.62. The maximum atomic E-state index is 13.0. The van der Waals surface area contributed by atoms with E-state index in [2.05, 4.69) is 0 Å². The highest BCUT2D eigenvalue weighted by Gasteiger charge is 2.32. The van der Waals surface area contributed by atoms with Crippen molar-refractivity contribution >= 4 is 23.7 Å². The SMILES string of the molecule is CN1CC(=O)N(CCCC(=O)Oc2ccc(C(=O)c3ccc(F)cc3)cc2)C1=O. The van der Waals surface area contributed by atoms with Gasteiger partial charge in [-0.25, -0.2) is 9.18 Å². The molecule has 0 saturated carbocycles. The molecule has 3 amide bonds. The largest absolute Gasteiger partial charge is 0.427 e. The van der Waals surface area contributed by atoms with Gasteiger partial charge in [0.15, 0.2) is 5.78 Å². The zero-order valence-electron chi connectivity index (χ0n) is 15.8. The summed E-state index contributed by atoms with van der Waals surface area (Å²) in [6.45, 7) is 0.203. The number of ketones is 1. The van der Waals surface area contributed by atoms with E-state index < -0.39 is 11.8 Å². The van der Waals surface area contributed by atoms with Crippen LogP contribution in [0.15, 0.2) is 48.5 Å². The van der Waals surface area contributed by atoms with Crippen LogP contribution in [-0.2, 0) is 9.59 Å². The molecule has 1 saturated heterocycles. The molecule has 29 heavy (non-hydrogen) atoms. The summed E-state index contributed by atoms with van der Waals surface area (Å²) in [5.41, 5.74) is 0.736. The van der Waals surface area contributed by atoms with Crippen molar-refractivity contribution < 1.29 is 28.3 Å². The van der Waals surface area contributed by atoms with Crippen LogP contribution in [0, 0.1) is 5.82 Å². The molecule has 0 N–H and O–H groups in total. The average Bonchev–Trinajstić information content (AvgIpc) is 2.94. The monoisotopic (exact) mass is 398 g/mol. The number of hydrogen-bond donors (Lipinski definition) is 0. The number of rotatable bonds is 7. The van der Waals surface area contributed by atoms with Crippen LogP contribution in [0.1, 0.15) is 28.8 Å². The Labute approximate surface area is 166 Å². The molecule has 8 heteroatoms. The molecule has 1 aliphatic heterocycles. The van der Waals surface area contributed by atoms with Crippen LogP contribution >= 0.6 is 0 Å². The molecule has 0 atom stereocenters. The number of benzene rings is 2. The normalized spacial score (nSPS) is 13.7. The van der Waals surface area contributed by atoms with Gasteiger partial charge < -0.3 is 9.64 Å². The predicted octanol–water partition coefficient (Wildman–Crippen LogP) is 2.64. The number of nitrogens with zero attached hydrogens (tertiary/aromatic N) is 2. The van der Waals surface area contributed by atoms with Gasteiger partial charge in [-0.3, -0.25) is 19.3 Å². The molecule has 0 unspecified atom stereocenters. The fraction of sp³-hybridized carbons (Fsp3) is 0.238. The molecular formula is C21H19FN2O5. The summed E-state index contributed by atoms with van der Waals surface area (Å²) >= 11 is 0. The van der Waals surface area contributed by atoms with E-state index in [-0.39, 0.29) is 43.0 Å². The van der Waals surface area contributed by atoms with E-state index in [1.807, 2.05) is 0 Å². The van der Waals surface area contributed by atoms with Crippen molar-refractivity contribution in [2.75, 3.05) is 20.1 Å². The summed E-state index contributed by atoms with van der Waals surface area (Å²) in [5.74, 6) is -1.21. The lowest BCUT2D eigenvalue weighted by Gasteiger charge is -2.13. The summed E-state index contributed by atoms with van der Waals surface area (Å²) in [6.07, 6.45) is 0.336. The second kappa shape index (κ2) is 8.64. The molecule has 0 aliphatic carbocycles. The first kappa shape index (κ1) is 20.2. The predicted molar refractivity (Wildman–Crippen MR) is 101 cm³/mol. The van der Waals surface area contributed by atoms with Gasteiger partial charge >= 0.3 is 12.0 Å². The Bertz CT molecular complexity index is 941. The van der Waals surface area contributed by atoms with Gasteiger partial charge in [0, 0.05) is 31.1 Å². The molecule has 3 rings (SSSR count). The molecule has 0 bridgehead atoms. The number of carbonyl (C=O) groups is 4. The van der Waals surface area contributed by atoms with E-state index >= 15 is 0 Å². The molecule has 0 aromatic heterocycles. The Morgan fingerprint density at radius 1 is 1.00 bits per heavy atom. The van der Waals surface area contributed by atoms with Crippen LogP contribution < -0.4 is 4.74 Å². The number of halogens is 1. The first-order valence-electron chi connectivity index (χ1n) is 9.01. The summed E-state index contributed by atoms with van der Waals surface area (Å²) < 4.78 is 18.2. The first-order chi connectivity index (χ1) is 13.8. The van der Waals surface area contributed by atoms with Crippen molar-refractivity contribution in [1.29, 1.82) is 0 Å². The molecule has 2 aromatic rings. The van der Waals surface area contributed by atoms with Gasteiger partial charge in [0.1, 0.15) is 18.1 Å². The van der Waals surface area contributed by atoms with Crippen LogP contribution in [0.3, 0.4) is 0 Å². The number of imide groups is 1. The maximum Gasteiger partial charge on any atom is 0.326 e. The van der Waals surface area contributed by atoms with E-state index in [0.717, 1.165) is 4.90 Å². The highest BCUT2D eigenvalue weighted by molar-refractivity contribution is 6.09. The van der Waals surface area contributed by atoms with Crippen molar-refractivity contribution in [2.24, 2.45) is 0 Å². The van der Waals surface area contributed by atoms with Crippen molar-refractivity contribution in [3.8, 4) is 5.75 Å². The Balaban J connectivity index is 1.49. The number of urea groups is 1. The lowest BCUT2D eigenvalue weighted by atomic mass is 10.0. The maximum absolute atomic E-state index is 13.0. The zero-order chi connectivity index (χ0) is 21.0. The smallest absolute Gasteiger partial charge is 0.326 e. The third-order valence-electron chi connectivity index (χ3n) is 4.45. The van der Waals surface area contributed by atoms with Crippen LogP contribution in [0.4, 0.5) is 9.18 Å². The Hall–Kier alpha value is -3.55. The Morgan fingerprint density at radius 3 is 2.14 bits per heavy atom. The van der Waals surface area contributed by atoms with E-state index in [4.69, 9.17) is 4.74 Å². The second-order valence-electron chi connectivity index (χ2n) is 6.62. The Kier molecular flexibility index (Phi) is 6.01. The minimum atomic E-state index is -0.505. The van der Waals surface area contributed by atoms with Crippen LogP contribution in [-0.4, -0.2) is 53.6 Å². The van der Waals surface area contributed by atoms with Crippen molar-refractivity contribution in [1.82, 2.24) is 9.80 Å². The van der Waals surface area contributed by atoms with Gasteiger partial charge in [-0.2, -0.15) is 0 Å². The topological polar surface area (TPSA) is 84.0 Å². The van der Waals surface area contributed by atoms with E-state index in [0.29, 0.717) is 17.5 Å². The van der Waals surface area contributed by atoms with Crippen molar-refractivity contribution in [3.63, 3.8) is 0 Å². The number of likely N-dealkylation sites (N-methyl/N-ethyl adjacent to an activating group) is 1. The zero-order valence-corrected chi connectivity index (χ0v) is 15.8. The average molecular weight is 398 g/mol. The molecule has 1 fully saturated rings. The summed E-state index contributed by atoms with van der Waals surface area (Å²) in [7, 11) is 1.54. The van der Waals surface area contributed by atoms with Gasteiger partial charge in [0.05, 0.1) is 0 Å². The Morgan fingerprint density at radius 2 is 1.59 bits per heavy atom. The van der Waals surface area contributed by atoms with Gasteiger partial charge in [-0.15, -0.1) is 0 Å². The van der Waals surface area contributed by atoms with E-state index in [1.165, 1.54) is 53.4 Å².